The van der Waals surface area contributed by atoms with Gasteiger partial charge in [-0.2, -0.15) is 0 Å². The van der Waals surface area contributed by atoms with Crippen LogP contribution >= 0.6 is 15.9 Å². The van der Waals surface area contributed by atoms with Crippen LogP contribution in [0.5, 0.6) is 0 Å². The summed E-state index contributed by atoms with van der Waals surface area (Å²) in [6.07, 6.45) is 6.14. The molecule has 2 rings (SSSR count). The molecule has 1 aliphatic rings. The molecule has 0 aromatic carbocycles. The van der Waals surface area contributed by atoms with Crippen LogP contribution in [0, 0.1) is 0 Å². The Labute approximate surface area is 87.5 Å². The lowest BCUT2D eigenvalue weighted by molar-refractivity contribution is 0.303. The van der Waals surface area contributed by atoms with E-state index >= 15 is 0 Å². The van der Waals surface area contributed by atoms with Gasteiger partial charge in [0, 0.05) is 18.2 Å². The first kappa shape index (κ1) is 9.25. The van der Waals surface area contributed by atoms with Gasteiger partial charge in [0.2, 0.25) is 0 Å². The Hall–Kier alpha value is -0.310. The van der Waals surface area contributed by atoms with Gasteiger partial charge in [-0.25, -0.2) is 4.98 Å². The van der Waals surface area contributed by atoms with Crippen molar-refractivity contribution < 1.29 is 0 Å². The van der Waals surface area contributed by atoms with E-state index in [-0.39, 0.29) is 0 Å². The van der Waals surface area contributed by atoms with Crippen molar-refractivity contribution in [2.24, 2.45) is 0 Å². The van der Waals surface area contributed by atoms with Gasteiger partial charge in [0.15, 0.2) is 0 Å². The summed E-state index contributed by atoms with van der Waals surface area (Å²) in [4.78, 5) is 4.49. The van der Waals surface area contributed by atoms with Crippen LogP contribution in [0.2, 0.25) is 0 Å². The van der Waals surface area contributed by atoms with Crippen molar-refractivity contribution >= 4 is 15.9 Å². The van der Waals surface area contributed by atoms with Crippen molar-refractivity contribution in [2.45, 2.75) is 45.1 Å². The standard InChI is InChI=1S/C10H15BrN2/c1-7(2)10-12-9(11)6-13(10)8-4-3-5-8/h6-8H,3-5H2,1-2H3. The van der Waals surface area contributed by atoms with E-state index in [0.717, 1.165) is 10.6 Å². The molecule has 1 aromatic heterocycles. The molecule has 0 atom stereocenters. The van der Waals surface area contributed by atoms with Crippen molar-refractivity contribution in [3.63, 3.8) is 0 Å². The molecule has 0 bridgehead atoms. The molecule has 1 saturated carbocycles. The average Bonchev–Trinajstić information content (AvgIpc) is 2.27. The zero-order valence-corrected chi connectivity index (χ0v) is 9.71. The molecule has 0 unspecified atom stereocenters. The Kier molecular flexibility index (Phi) is 2.45. The zero-order chi connectivity index (χ0) is 9.42. The molecule has 0 radical (unpaired) electrons. The van der Waals surface area contributed by atoms with E-state index in [1.54, 1.807) is 0 Å². The predicted octanol–water partition coefficient (Wildman–Crippen LogP) is 3.49. The number of aromatic nitrogens is 2. The molecule has 1 aromatic rings. The van der Waals surface area contributed by atoms with Gasteiger partial charge in [0.05, 0.1) is 0 Å². The minimum atomic E-state index is 0.520. The number of halogens is 1. The summed E-state index contributed by atoms with van der Waals surface area (Å²) in [5.41, 5.74) is 0. The Bertz CT molecular complexity index is 300. The van der Waals surface area contributed by atoms with Gasteiger partial charge in [0.1, 0.15) is 10.4 Å². The number of rotatable bonds is 2. The smallest absolute Gasteiger partial charge is 0.124 e. The van der Waals surface area contributed by atoms with Crippen molar-refractivity contribution in [1.29, 1.82) is 0 Å². The third-order valence-electron chi connectivity index (χ3n) is 2.72. The minimum Gasteiger partial charge on any atom is -0.330 e. The fraction of sp³-hybridized carbons (Fsp3) is 0.700. The predicted molar refractivity (Wildman–Crippen MR) is 56.9 cm³/mol. The second kappa shape index (κ2) is 3.45. The van der Waals surface area contributed by atoms with Crippen molar-refractivity contribution in [3.05, 3.63) is 16.6 Å². The highest BCUT2D eigenvalue weighted by Crippen LogP contribution is 2.34. The molecular formula is C10H15BrN2. The van der Waals surface area contributed by atoms with Gasteiger partial charge in [0.25, 0.3) is 0 Å². The van der Waals surface area contributed by atoms with E-state index in [4.69, 9.17) is 0 Å². The summed E-state index contributed by atoms with van der Waals surface area (Å²) in [6.45, 7) is 4.40. The maximum atomic E-state index is 4.49. The van der Waals surface area contributed by atoms with Gasteiger partial charge in [-0.3, -0.25) is 0 Å². The molecule has 1 heterocycles. The molecule has 0 aliphatic heterocycles. The van der Waals surface area contributed by atoms with Crippen LogP contribution in [0.1, 0.15) is 50.9 Å². The largest absolute Gasteiger partial charge is 0.330 e. The van der Waals surface area contributed by atoms with Crippen LogP contribution in [0.4, 0.5) is 0 Å². The monoisotopic (exact) mass is 242 g/mol. The molecule has 3 heteroatoms. The molecule has 1 aliphatic carbocycles. The number of hydrogen-bond acceptors (Lipinski definition) is 1. The van der Waals surface area contributed by atoms with Crippen LogP contribution in [0.15, 0.2) is 10.8 Å². The quantitative estimate of drug-likeness (QED) is 0.777. The summed E-state index contributed by atoms with van der Waals surface area (Å²) in [5.74, 6) is 1.74. The van der Waals surface area contributed by atoms with E-state index in [1.165, 1.54) is 25.1 Å². The van der Waals surface area contributed by atoms with Gasteiger partial charge >= 0.3 is 0 Å². The lowest BCUT2D eigenvalue weighted by Crippen LogP contribution is -2.19. The van der Waals surface area contributed by atoms with Gasteiger partial charge in [-0.15, -0.1) is 0 Å². The first-order valence-corrected chi connectivity index (χ1v) is 5.72. The van der Waals surface area contributed by atoms with Crippen LogP contribution < -0.4 is 0 Å². The molecule has 1 fully saturated rings. The Morgan fingerprint density at radius 1 is 1.54 bits per heavy atom. The maximum absolute atomic E-state index is 4.49. The summed E-state index contributed by atoms with van der Waals surface area (Å²) in [5, 5.41) is 0. The summed E-state index contributed by atoms with van der Waals surface area (Å²) in [6, 6.07) is 0.719. The first-order chi connectivity index (χ1) is 6.18. The van der Waals surface area contributed by atoms with E-state index in [9.17, 15) is 0 Å². The van der Waals surface area contributed by atoms with Crippen LogP contribution in [-0.4, -0.2) is 9.55 Å². The molecule has 0 amide bonds. The number of imidazole rings is 1. The summed E-state index contributed by atoms with van der Waals surface area (Å²) >= 11 is 3.44. The average molecular weight is 243 g/mol. The Balaban J connectivity index is 2.31. The summed E-state index contributed by atoms with van der Waals surface area (Å²) in [7, 11) is 0. The molecule has 2 nitrogen and oxygen atoms in total. The normalized spacial score (nSPS) is 17.8. The SMILES string of the molecule is CC(C)c1nc(Br)cn1C1CCC1. The number of hydrogen-bond donors (Lipinski definition) is 0. The molecular weight excluding hydrogens is 228 g/mol. The van der Waals surface area contributed by atoms with Crippen molar-refractivity contribution in [1.82, 2.24) is 9.55 Å². The molecule has 13 heavy (non-hydrogen) atoms. The van der Waals surface area contributed by atoms with Crippen LogP contribution in [-0.2, 0) is 0 Å². The highest BCUT2D eigenvalue weighted by molar-refractivity contribution is 9.10. The van der Waals surface area contributed by atoms with Gasteiger partial charge < -0.3 is 4.57 Å². The zero-order valence-electron chi connectivity index (χ0n) is 8.13. The highest BCUT2D eigenvalue weighted by atomic mass is 79.9. The Morgan fingerprint density at radius 3 is 2.69 bits per heavy atom. The van der Waals surface area contributed by atoms with E-state index < -0.39 is 0 Å². The van der Waals surface area contributed by atoms with Crippen LogP contribution in [0.25, 0.3) is 0 Å². The van der Waals surface area contributed by atoms with Gasteiger partial charge in [-0.1, -0.05) is 13.8 Å². The Morgan fingerprint density at radius 2 is 2.23 bits per heavy atom. The third kappa shape index (κ3) is 1.66. The highest BCUT2D eigenvalue weighted by Gasteiger charge is 2.23. The maximum Gasteiger partial charge on any atom is 0.124 e. The van der Waals surface area contributed by atoms with E-state index in [0.29, 0.717) is 5.92 Å². The second-order valence-corrected chi connectivity index (χ2v) is 4.88. The minimum absolute atomic E-state index is 0.520. The lowest BCUT2D eigenvalue weighted by atomic mass is 9.92. The topological polar surface area (TPSA) is 17.8 Å². The summed E-state index contributed by atoms with van der Waals surface area (Å²) < 4.78 is 3.32. The van der Waals surface area contributed by atoms with Crippen molar-refractivity contribution in [2.75, 3.05) is 0 Å². The van der Waals surface area contributed by atoms with Crippen LogP contribution in [0.3, 0.4) is 0 Å². The third-order valence-corrected chi connectivity index (χ3v) is 3.10. The van der Waals surface area contributed by atoms with E-state index in [2.05, 4.69) is 45.5 Å². The first-order valence-electron chi connectivity index (χ1n) is 4.92. The fourth-order valence-corrected chi connectivity index (χ4v) is 2.16. The molecule has 0 N–H and O–H groups in total. The number of nitrogens with zero attached hydrogens (tertiary/aromatic N) is 2. The fourth-order valence-electron chi connectivity index (χ4n) is 1.76. The molecule has 0 saturated heterocycles. The van der Waals surface area contributed by atoms with Gasteiger partial charge in [-0.05, 0) is 35.2 Å². The molecule has 0 spiro atoms. The van der Waals surface area contributed by atoms with E-state index in [1.807, 2.05) is 0 Å². The molecule has 72 valence electrons. The van der Waals surface area contributed by atoms with Crippen molar-refractivity contribution in [3.8, 4) is 0 Å². The second-order valence-electron chi connectivity index (χ2n) is 4.07. The lowest BCUT2D eigenvalue weighted by Gasteiger charge is -2.29.